The van der Waals surface area contributed by atoms with Crippen LogP contribution in [0.3, 0.4) is 0 Å². The predicted molar refractivity (Wildman–Crippen MR) is 74.1 cm³/mol. The van der Waals surface area contributed by atoms with E-state index in [1.807, 2.05) is 0 Å². The van der Waals surface area contributed by atoms with Gasteiger partial charge in [0.05, 0.1) is 17.7 Å². The summed E-state index contributed by atoms with van der Waals surface area (Å²) in [6, 6.07) is 4.78. The van der Waals surface area contributed by atoms with E-state index in [1.54, 1.807) is 19.1 Å². The lowest BCUT2D eigenvalue weighted by molar-refractivity contribution is 0.246. The summed E-state index contributed by atoms with van der Waals surface area (Å²) in [5.74, 6) is -0.0861. The van der Waals surface area contributed by atoms with Gasteiger partial charge in [-0.3, -0.25) is 0 Å². The molecule has 6 nitrogen and oxygen atoms in total. The number of nitrogens with two attached hydrogens (primary N) is 2. The van der Waals surface area contributed by atoms with Gasteiger partial charge in [0.15, 0.2) is 5.96 Å². The molecule has 0 fully saturated rings. The van der Waals surface area contributed by atoms with E-state index in [0.29, 0.717) is 17.7 Å². The highest BCUT2D eigenvalue weighted by Crippen LogP contribution is 2.32. The van der Waals surface area contributed by atoms with Gasteiger partial charge in [-0.05, 0) is 19.1 Å². The third kappa shape index (κ3) is 2.63. The van der Waals surface area contributed by atoms with Crippen LogP contribution in [0, 0.1) is 0 Å². The molecule has 0 unspecified atom stereocenters. The number of hydrogen-bond acceptors (Lipinski definition) is 4. The first-order valence-corrected chi connectivity index (χ1v) is 5.89. The maximum atomic E-state index is 11.8. The molecule has 19 heavy (non-hydrogen) atoms. The van der Waals surface area contributed by atoms with E-state index in [9.17, 15) is 4.79 Å². The Morgan fingerprint density at radius 2 is 2.16 bits per heavy atom. The molecule has 0 aliphatic heterocycles. The molecule has 0 aliphatic rings. The lowest BCUT2D eigenvalue weighted by Crippen LogP contribution is -2.21. The zero-order valence-corrected chi connectivity index (χ0v) is 10.9. The van der Waals surface area contributed by atoms with E-state index in [-0.39, 0.29) is 22.3 Å². The zero-order valence-electron chi connectivity index (χ0n) is 10.1. The fourth-order valence-electron chi connectivity index (χ4n) is 1.63. The van der Waals surface area contributed by atoms with E-state index in [0.717, 1.165) is 0 Å². The Hall–Kier alpha value is -2.21. The summed E-state index contributed by atoms with van der Waals surface area (Å²) in [7, 11) is 0. The van der Waals surface area contributed by atoms with Gasteiger partial charge in [-0.25, -0.2) is 9.79 Å². The first kappa shape index (κ1) is 13.2. The Labute approximate surface area is 113 Å². The quantitative estimate of drug-likeness (QED) is 0.659. The maximum absolute atomic E-state index is 11.8. The number of nitrogens with zero attached hydrogens (tertiary/aromatic N) is 1. The molecule has 0 amide bonds. The van der Waals surface area contributed by atoms with Gasteiger partial charge in [0.25, 0.3) is 0 Å². The van der Waals surface area contributed by atoms with Crippen LogP contribution in [0.1, 0.15) is 6.92 Å². The lowest BCUT2D eigenvalue weighted by Gasteiger charge is -2.06. The van der Waals surface area contributed by atoms with E-state index >= 15 is 0 Å². The van der Waals surface area contributed by atoms with Crippen LogP contribution in [0.25, 0.3) is 10.8 Å². The summed E-state index contributed by atoms with van der Waals surface area (Å²) < 4.78 is 10.2. The van der Waals surface area contributed by atoms with Crippen LogP contribution >= 0.6 is 11.6 Å². The van der Waals surface area contributed by atoms with Crippen molar-refractivity contribution in [2.75, 3.05) is 6.61 Å². The second-order valence-corrected chi connectivity index (χ2v) is 4.07. The monoisotopic (exact) mass is 281 g/mol. The first-order chi connectivity index (χ1) is 9.02. The fourth-order valence-corrected chi connectivity index (χ4v) is 1.89. The molecule has 0 spiro atoms. The van der Waals surface area contributed by atoms with Gasteiger partial charge in [-0.1, -0.05) is 17.7 Å². The molecule has 0 radical (unpaired) electrons. The van der Waals surface area contributed by atoms with Gasteiger partial charge in [0.2, 0.25) is 0 Å². The number of ether oxygens (including phenoxy) is 1. The molecule has 0 saturated carbocycles. The summed E-state index contributed by atoms with van der Waals surface area (Å²) in [4.78, 5) is 15.7. The van der Waals surface area contributed by atoms with Crippen molar-refractivity contribution in [3.05, 3.63) is 33.6 Å². The maximum Gasteiger partial charge on any atom is 0.346 e. The Bertz CT molecular complexity index is 705. The Morgan fingerprint density at radius 1 is 1.42 bits per heavy atom. The van der Waals surface area contributed by atoms with Crippen molar-refractivity contribution >= 4 is 34.0 Å². The van der Waals surface area contributed by atoms with E-state index in [1.165, 1.54) is 6.07 Å². The molecule has 2 rings (SSSR count). The minimum Gasteiger partial charge on any atom is -0.464 e. The number of guanidine groups is 1. The standard InChI is InChI=1S/C12H12ClN3O3/c1-2-18-11-9(13)7-4-3-6(16-12(14)15)5-8(7)10(17)19-11/h3-5H,2H2,1H3,(H4,14,15,16). The van der Waals surface area contributed by atoms with Crippen molar-refractivity contribution in [3.8, 4) is 5.95 Å². The fraction of sp³-hybridized carbons (Fsp3) is 0.167. The zero-order chi connectivity index (χ0) is 14.0. The second kappa shape index (κ2) is 5.19. The van der Waals surface area contributed by atoms with E-state index < -0.39 is 5.63 Å². The number of hydrogen-bond donors (Lipinski definition) is 2. The molecule has 4 N–H and O–H groups in total. The number of halogens is 1. The summed E-state index contributed by atoms with van der Waals surface area (Å²) in [6.45, 7) is 2.11. The molecule has 100 valence electrons. The minimum atomic E-state index is -0.560. The number of fused-ring (bicyclic) bond motifs is 1. The van der Waals surface area contributed by atoms with Crippen LogP contribution in [0.4, 0.5) is 5.69 Å². The third-order valence-corrected chi connectivity index (χ3v) is 2.72. The molecular formula is C12H12ClN3O3. The molecule has 7 heteroatoms. The smallest absolute Gasteiger partial charge is 0.346 e. The molecule has 1 heterocycles. The molecule has 1 aromatic heterocycles. The normalized spacial score (nSPS) is 10.4. The van der Waals surface area contributed by atoms with Gasteiger partial charge in [0, 0.05) is 5.39 Å². The van der Waals surface area contributed by atoms with E-state index in [2.05, 4.69) is 4.99 Å². The molecule has 0 bridgehead atoms. The topological polar surface area (TPSA) is 104 Å². The van der Waals surface area contributed by atoms with Gasteiger partial charge in [-0.15, -0.1) is 0 Å². The summed E-state index contributed by atoms with van der Waals surface area (Å²) in [5, 5.41) is 1.06. The molecule has 2 aromatic rings. The van der Waals surface area contributed by atoms with Crippen LogP contribution in [0.2, 0.25) is 5.02 Å². The van der Waals surface area contributed by atoms with Crippen LogP contribution in [-0.2, 0) is 0 Å². The highest BCUT2D eigenvalue weighted by molar-refractivity contribution is 6.36. The third-order valence-electron chi connectivity index (χ3n) is 2.36. The van der Waals surface area contributed by atoms with Crippen molar-refractivity contribution in [3.63, 3.8) is 0 Å². The second-order valence-electron chi connectivity index (χ2n) is 3.69. The first-order valence-electron chi connectivity index (χ1n) is 5.51. The van der Waals surface area contributed by atoms with Crippen LogP contribution in [0.15, 0.2) is 32.4 Å². The van der Waals surface area contributed by atoms with Crippen molar-refractivity contribution < 1.29 is 9.15 Å². The van der Waals surface area contributed by atoms with Gasteiger partial charge in [0.1, 0.15) is 5.02 Å². The Kier molecular flexibility index (Phi) is 3.62. The Morgan fingerprint density at radius 3 is 2.79 bits per heavy atom. The molecule has 0 saturated heterocycles. The van der Waals surface area contributed by atoms with Crippen LogP contribution in [0.5, 0.6) is 5.95 Å². The number of benzene rings is 1. The van der Waals surface area contributed by atoms with Crippen molar-refractivity contribution in [2.24, 2.45) is 16.5 Å². The van der Waals surface area contributed by atoms with Crippen molar-refractivity contribution in [1.82, 2.24) is 0 Å². The van der Waals surface area contributed by atoms with Crippen LogP contribution < -0.4 is 21.8 Å². The molecule has 1 aromatic carbocycles. The van der Waals surface area contributed by atoms with Crippen molar-refractivity contribution in [1.29, 1.82) is 0 Å². The highest BCUT2D eigenvalue weighted by atomic mass is 35.5. The average molecular weight is 282 g/mol. The van der Waals surface area contributed by atoms with Crippen LogP contribution in [-0.4, -0.2) is 12.6 Å². The molecule has 0 aliphatic carbocycles. The number of rotatable bonds is 3. The largest absolute Gasteiger partial charge is 0.464 e. The minimum absolute atomic E-state index is 0.0104. The SMILES string of the molecule is CCOc1oc(=O)c2cc(N=C(N)N)ccc2c1Cl. The highest BCUT2D eigenvalue weighted by Gasteiger charge is 2.13. The number of aliphatic imine (C=N–C) groups is 1. The molecule has 0 atom stereocenters. The van der Waals surface area contributed by atoms with Gasteiger partial charge >= 0.3 is 11.6 Å². The molecular weight excluding hydrogens is 270 g/mol. The summed E-state index contributed by atoms with van der Waals surface area (Å²) in [5.41, 5.74) is 10.4. The van der Waals surface area contributed by atoms with Gasteiger partial charge < -0.3 is 20.6 Å². The Balaban J connectivity index is 2.69. The predicted octanol–water partition coefficient (Wildman–Crippen LogP) is 1.75. The average Bonchev–Trinajstić information content (AvgIpc) is 2.35. The van der Waals surface area contributed by atoms with E-state index in [4.69, 9.17) is 32.2 Å². The lowest BCUT2D eigenvalue weighted by atomic mass is 10.1. The summed E-state index contributed by atoms with van der Waals surface area (Å²) >= 11 is 6.11. The van der Waals surface area contributed by atoms with Crippen molar-refractivity contribution in [2.45, 2.75) is 6.92 Å². The summed E-state index contributed by atoms with van der Waals surface area (Å²) in [6.07, 6.45) is 0. The van der Waals surface area contributed by atoms with Gasteiger partial charge in [-0.2, -0.15) is 0 Å².